The number of halogens is 1. The molecule has 1 saturated heterocycles. The topological polar surface area (TPSA) is 95.6 Å². The van der Waals surface area contributed by atoms with Gasteiger partial charge >= 0.3 is 0 Å². The van der Waals surface area contributed by atoms with Gasteiger partial charge in [-0.1, -0.05) is 0 Å². The third-order valence-electron chi connectivity index (χ3n) is 4.37. The van der Waals surface area contributed by atoms with Crippen molar-refractivity contribution in [2.75, 3.05) is 6.54 Å². The number of amides is 1. The molecule has 1 fully saturated rings. The number of hydrogen-bond acceptors (Lipinski definition) is 5. The Morgan fingerprint density at radius 1 is 1.28 bits per heavy atom. The summed E-state index contributed by atoms with van der Waals surface area (Å²) in [6.07, 6.45) is 6.60. The molecule has 0 saturated carbocycles. The number of nitrogens with zero attached hydrogens (tertiary/aromatic N) is 3. The Bertz CT molecular complexity index is 901. The minimum atomic E-state index is -0.404. The number of aromatic nitrogens is 4. The van der Waals surface area contributed by atoms with Crippen LogP contribution >= 0.6 is 0 Å². The fraction of sp³-hybridized carbons (Fsp3) is 0.294. The van der Waals surface area contributed by atoms with Crippen LogP contribution in [0.2, 0.25) is 0 Å². The second-order valence-electron chi connectivity index (χ2n) is 5.99. The first-order valence-corrected chi connectivity index (χ1v) is 8.16. The van der Waals surface area contributed by atoms with E-state index in [0.717, 1.165) is 24.9 Å². The average molecular weight is 340 g/mol. The number of carbonyl (C=O) groups is 1. The van der Waals surface area contributed by atoms with Crippen LogP contribution in [0.4, 0.5) is 4.39 Å². The van der Waals surface area contributed by atoms with Crippen LogP contribution < -0.4 is 10.6 Å². The molecule has 1 unspecified atom stereocenters. The van der Waals surface area contributed by atoms with E-state index in [9.17, 15) is 9.18 Å². The summed E-state index contributed by atoms with van der Waals surface area (Å²) in [6.45, 7) is 0.999. The number of imidazole rings is 1. The van der Waals surface area contributed by atoms with Crippen molar-refractivity contribution >= 4 is 16.9 Å². The van der Waals surface area contributed by atoms with E-state index in [4.69, 9.17) is 0 Å². The molecule has 128 valence electrons. The van der Waals surface area contributed by atoms with Crippen LogP contribution in [0.5, 0.6) is 0 Å². The molecule has 2 aromatic heterocycles. The Morgan fingerprint density at radius 3 is 2.88 bits per heavy atom. The molecular formula is C17H17FN6O. The van der Waals surface area contributed by atoms with E-state index in [2.05, 4.69) is 30.6 Å². The molecule has 0 aliphatic carbocycles. The highest BCUT2D eigenvalue weighted by atomic mass is 19.1. The smallest absolute Gasteiger partial charge is 0.254 e. The summed E-state index contributed by atoms with van der Waals surface area (Å²) in [6, 6.07) is 3.13. The minimum Gasteiger partial charge on any atom is -0.348 e. The predicted octanol–water partition coefficient (Wildman–Crippen LogP) is 1.85. The highest BCUT2D eigenvalue weighted by Gasteiger charge is 2.19. The number of carbonyl (C=O) groups excluding carboxylic acids is 1. The van der Waals surface area contributed by atoms with E-state index in [-0.39, 0.29) is 18.5 Å². The van der Waals surface area contributed by atoms with Gasteiger partial charge in [-0.05, 0) is 31.5 Å². The highest BCUT2D eigenvalue weighted by Crippen LogP contribution is 2.20. The predicted molar refractivity (Wildman–Crippen MR) is 89.2 cm³/mol. The van der Waals surface area contributed by atoms with Crippen molar-refractivity contribution in [3.05, 3.63) is 53.6 Å². The molecule has 8 heteroatoms. The first-order valence-electron chi connectivity index (χ1n) is 8.16. The molecule has 1 amide bonds. The normalized spacial score (nSPS) is 17.1. The Morgan fingerprint density at radius 2 is 2.12 bits per heavy atom. The van der Waals surface area contributed by atoms with Gasteiger partial charge in [0, 0.05) is 24.5 Å². The maximum atomic E-state index is 14.0. The fourth-order valence-corrected chi connectivity index (χ4v) is 3.02. The van der Waals surface area contributed by atoms with Crippen LogP contribution in [-0.4, -0.2) is 32.4 Å². The Labute approximate surface area is 143 Å². The number of aromatic amines is 1. The zero-order valence-electron chi connectivity index (χ0n) is 13.4. The Kier molecular flexibility index (Phi) is 4.10. The second-order valence-corrected chi connectivity index (χ2v) is 5.99. The molecule has 3 heterocycles. The van der Waals surface area contributed by atoms with Crippen molar-refractivity contribution in [1.82, 2.24) is 30.6 Å². The van der Waals surface area contributed by atoms with Gasteiger partial charge in [0.25, 0.3) is 5.91 Å². The number of fused-ring (bicyclic) bond motifs is 1. The minimum absolute atomic E-state index is 0.0405. The van der Waals surface area contributed by atoms with Gasteiger partial charge in [-0.2, -0.15) is 0 Å². The fourth-order valence-electron chi connectivity index (χ4n) is 3.02. The molecule has 7 nitrogen and oxygen atoms in total. The Balaban J connectivity index is 1.46. The van der Waals surface area contributed by atoms with Gasteiger partial charge in [0.1, 0.15) is 11.6 Å². The van der Waals surface area contributed by atoms with E-state index in [1.165, 1.54) is 24.8 Å². The van der Waals surface area contributed by atoms with Crippen molar-refractivity contribution in [3.63, 3.8) is 0 Å². The quantitative estimate of drug-likeness (QED) is 0.674. The maximum Gasteiger partial charge on any atom is 0.254 e. The first kappa shape index (κ1) is 15.6. The van der Waals surface area contributed by atoms with E-state index < -0.39 is 5.82 Å². The van der Waals surface area contributed by atoms with Crippen LogP contribution in [0.15, 0.2) is 30.9 Å². The molecule has 1 aliphatic heterocycles. The Hall–Kier alpha value is -2.87. The summed E-state index contributed by atoms with van der Waals surface area (Å²) in [5.41, 5.74) is 1.93. The van der Waals surface area contributed by atoms with Crippen molar-refractivity contribution < 1.29 is 9.18 Å². The van der Waals surface area contributed by atoms with Crippen molar-refractivity contribution in [2.24, 2.45) is 0 Å². The van der Waals surface area contributed by atoms with E-state index >= 15 is 0 Å². The number of H-pyrrole nitrogens is 1. The lowest BCUT2D eigenvalue weighted by molar-refractivity contribution is 0.0950. The molecule has 1 atom stereocenters. The molecular weight excluding hydrogens is 323 g/mol. The molecule has 3 N–H and O–H groups in total. The van der Waals surface area contributed by atoms with Gasteiger partial charge in [-0.15, -0.1) is 0 Å². The summed E-state index contributed by atoms with van der Waals surface area (Å²) >= 11 is 0. The molecule has 0 spiro atoms. The van der Waals surface area contributed by atoms with Crippen LogP contribution in [0.1, 0.15) is 40.6 Å². The van der Waals surface area contributed by atoms with E-state index in [1.54, 1.807) is 6.07 Å². The van der Waals surface area contributed by atoms with Gasteiger partial charge in [-0.25, -0.2) is 19.3 Å². The first-order chi connectivity index (χ1) is 12.2. The van der Waals surface area contributed by atoms with Crippen LogP contribution in [0.3, 0.4) is 0 Å². The van der Waals surface area contributed by atoms with Gasteiger partial charge in [0.15, 0.2) is 0 Å². The number of benzene rings is 1. The summed E-state index contributed by atoms with van der Waals surface area (Å²) < 4.78 is 14.0. The van der Waals surface area contributed by atoms with E-state index in [0.29, 0.717) is 22.5 Å². The zero-order chi connectivity index (χ0) is 17.2. The SMILES string of the molecule is O=C(NCc1c(F)ccc2[nH]cnc12)c1cnc(C2CCCN2)nc1. The summed E-state index contributed by atoms with van der Waals surface area (Å²) in [5, 5.41) is 6.01. The van der Waals surface area contributed by atoms with Crippen LogP contribution in [0.25, 0.3) is 11.0 Å². The van der Waals surface area contributed by atoms with Crippen LogP contribution in [0, 0.1) is 5.82 Å². The molecule has 25 heavy (non-hydrogen) atoms. The van der Waals surface area contributed by atoms with Crippen LogP contribution in [-0.2, 0) is 6.54 Å². The number of nitrogens with one attached hydrogen (secondary N) is 3. The molecule has 4 rings (SSSR count). The zero-order valence-corrected chi connectivity index (χ0v) is 13.4. The lowest BCUT2D eigenvalue weighted by Crippen LogP contribution is -2.24. The molecule has 0 bridgehead atoms. The molecule has 0 radical (unpaired) electrons. The second kappa shape index (κ2) is 6.56. The molecule has 3 aromatic rings. The van der Waals surface area contributed by atoms with Crippen molar-refractivity contribution in [1.29, 1.82) is 0 Å². The average Bonchev–Trinajstić information content (AvgIpc) is 3.32. The molecule has 1 aromatic carbocycles. The van der Waals surface area contributed by atoms with E-state index in [1.807, 2.05) is 0 Å². The molecule has 1 aliphatic rings. The van der Waals surface area contributed by atoms with Gasteiger partial charge in [-0.3, -0.25) is 4.79 Å². The van der Waals surface area contributed by atoms with Crippen molar-refractivity contribution in [2.45, 2.75) is 25.4 Å². The standard InChI is InChI=1S/C17H17FN6O/c18-12-3-4-13-15(24-9-23-13)11(12)8-22-17(25)10-6-20-16(21-7-10)14-2-1-5-19-14/h3-4,6-7,9,14,19H,1-2,5,8H2,(H,22,25)(H,23,24). The highest BCUT2D eigenvalue weighted by molar-refractivity contribution is 5.93. The lowest BCUT2D eigenvalue weighted by Gasteiger charge is -2.09. The summed E-state index contributed by atoms with van der Waals surface area (Å²) in [5.74, 6) is -0.0574. The van der Waals surface area contributed by atoms with Gasteiger partial charge < -0.3 is 15.6 Å². The summed E-state index contributed by atoms with van der Waals surface area (Å²) in [7, 11) is 0. The monoisotopic (exact) mass is 340 g/mol. The summed E-state index contributed by atoms with van der Waals surface area (Å²) in [4.78, 5) is 27.8. The number of rotatable bonds is 4. The lowest BCUT2D eigenvalue weighted by atomic mass is 10.1. The third kappa shape index (κ3) is 3.08. The van der Waals surface area contributed by atoms with Gasteiger partial charge in [0.2, 0.25) is 0 Å². The number of hydrogen-bond donors (Lipinski definition) is 3. The third-order valence-corrected chi connectivity index (χ3v) is 4.37. The largest absolute Gasteiger partial charge is 0.348 e. The maximum absolute atomic E-state index is 14.0. The van der Waals surface area contributed by atoms with Gasteiger partial charge in [0.05, 0.1) is 29.0 Å². The van der Waals surface area contributed by atoms with Crippen molar-refractivity contribution in [3.8, 4) is 0 Å².